The van der Waals surface area contributed by atoms with Gasteiger partial charge in [0, 0.05) is 18.5 Å². The molecule has 2 amide bonds. The SMILES string of the molecule is COc1ccc2cc(C3C[C@H]4C(O[Si](C)(C)C(C)(C)C)N(C(=O)OCC(Cl)(Cl)Cl)c5cc(O)c(OC)cc5C(=O)N4C3)ccc2c1. The molecule has 0 aromatic heterocycles. The van der Waals surface area contributed by atoms with Crippen molar-refractivity contribution in [3.05, 3.63) is 59.7 Å². The number of methoxy groups -OCH3 is 2. The zero-order chi connectivity index (χ0) is 33.8. The van der Waals surface area contributed by atoms with Crippen LogP contribution in [-0.2, 0) is 9.16 Å². The average Bonchev–Trinajstić information content (AvgIpc) is 3.40. The summed E-state index contributed by atoms with van der Waals surface area (Å²) < 4.78 is 21.4. The first-order chi connectivity index (χ1) is 21.4. The van der Waals surface area contributed by atoms with Gasteiger partial charge in [-0.1, -0.05) is 79.8 Å². The predicted molar refractivity (Wildman–Crippen MR) is 184 cm³/mol. The highest BCUT2D eigenvalue weighted by Crippen LogP contribution is 2.47. The summed E-state index contributed by atoms with van der Waals surface area (Å²) in [6.45, 7) is 10.3. The minimum atomic E-state index is -2.61. The zero-order valence-electron chi connectivity index (χ0n) is 26.9. The summed E-state index contributed by atoms with van der Waals surface area (Å²) in [4.78, 5) is 31.5. The highest BCUT2D eigenvalue weighted by molar-refractivity contribution is 6.74. The molecule has 3 aromatic carbocycles. The second-order valence-electron chi connectivity index (χ2n) is 13.3. The molecule has 9 nitrogen and oxygen atoms in total. The molecule has 1 N–H and O–H groups in total. The Hall–Kier alpha value is -2.89. The standard InChI is InChI=1S/C33H39Cl3N2O7Si/c1-32(2,3)46(6,7)45-30-26-14-22(20-8-9-21-13-23(42-4)11-10-19(21)12-20)17-37(26)29(40)24-15-28(43-5)27(39)16-25(24)38(30)31(41)44-18-33(34,35)36/h8-13,15-16,22,26,30,39H,14,17-18H2,1-7H3/t22?,26-,30?/m0/s1. The summed E-state index contributed by atoms with van der Waals surface area (Å²) in [6, 6.07) is 14.3. The van der Waals surface area contributed by atoms with Crippen LogP contribution in [-0.4, -0.2) is 73.8 Å². The average molecular weight is 710 g/mol. The lowest BCUT2D eigenvalue weighted by atomic mass is 9.93. The van der Waals surface area contributed by atoms with Crippen molar-refractivity contribution in [1.82, 2.24) is 4.90 Å². The topological polar surface area (TPSA) is 97.8 Å². The van der Waals surface area contributed by atoms with Crippen molar-refractivity contribution in [2.45, 2.75) is 67.3 Å². The van der Waals surface area contributed by atoms with E-state index in [9.17, 15) is 14.7 Å². The van der Waals surface area contributed by atoms with E-state index in [1.54, 1.807) is 12.0 Å². The molecule has 3 atom stereocenters. The van der Waals surface area contributed by atoms with Gasteiger partial charge in [0.15, 0.2) is 26.0 Å². The molecule has 0 spiro atoms. The van der Waals surface area contributed by atoms with Crippen LogP contribution in [0.1, 0.15) is 49.0 Å². The van der Waals surface area contributed by atoms with Gasteiger partial charge in [-0.05, 0) is 59.1 Å². The van der Waals surface area contributed by atoms with Crippen LogP contribution in [0.4, 0.5) is 10.5 Å². The van der Waals surface area contributed by atoms with Gasteiger partial charge in [-0.3, -0.25) is 4.79 Å². The number of hydrogen-bond donors (Lipinski definition) is 1. The minimum absolute atomic E-state index is 0.0643. The maximum absolute atomic E-state index is 14.4. The third-order valence-electron chi connectivity index (χ3n) is 9.30. The minimum Gasteiger partial charge on any atom is -0.504 e. The van der Waals surface area contributed by atoms with Crippen molar-refractivity contribution in [3.63, 3.8) is 0 Å². The predicted octanol–water partition coefficient (Wildman–Crippen LogP) is 8.24. The Morgan fingerprint density at radius 1 is 1.00 bits per heavy atom. The molecule has 46 heavy (non-hydrogen) atoms. The molecule has 0 saturated carbocycles. The van der Waals surface area contributed by atoms with E-state index in [1.807, 2.05) is 24.3 Å². The number of nitrogens with zero attached hydrogens (tertiary/aromatic N) is 2. The van der Waals surface area contributed by atoms with Crippen molar-refractivity contribution in [2.24, 2.45) is 0 Å². The third kappa shape index (κ3) is 6.73. The summed E-state index contributed by atoms with van der Waals surface area (Å²) >= 11 is 17.9. The highest BCUT2D eigenvalue weighted by atomic mass is 35.6. The summed E-state index contributed by atoms with van der Waals surface area (Å²) in [6.07, 6.45) is -1.35. The first-order valence-corrected chi connectivity index (χ1v) is 19.0. The van der Waals surface area contributed by atoms with Gasteiger partial charge in [-0.2, -0.15) is 0 Å². The maximum atomic E-state index is 14.4. The summed E-state index contributed by atoms with van der Waals surface area (Å²) in [5.74, 6) is 0.208. The summed E-state index contributed by atoms with van der Waals surface area (Å²) in [5.41, 5.74) is 1.32. The number of ether oxygens (including phenoxy) is 3. The third-order valence-corrected chi connectivity index (χ3v) is 14.1. The Bertz CT molecular complexity index is 1660. The Morgan fingerprint density at radius 2 is 1.67 bits per heavy atom. The van der Waals surface area contributed by atoms with E-state index < -0.39 is 37.1 Å². The Kier molecular flexibility index (Phi) is 9.44. The fourth-order valence-electron chi connectivity index (χ4n) is 5.82. The second-order valence-corrected chi connectivity index (χ2v) is 20.6. The zero-order valence-corrected chi connectivity index (χ0v) is 30.2. The smallest absolute Gasteiger partial charge is 0.416 e. The molecule has 0 bridgehead atoms. The number of fused-ring (bicyclic) bond motifs is 3. The number of phenols is 1. The lowest BCUT2D eigenvalue weighted by Gasteiger charge is -2.44. The number of carbonyl (C=O) groups is 2. The van der Waals surface area contributed by atoms with Crippen LogP contribution in [0.5, 0.6) is 17.2 Å². The fourth-order valence-corrected chi connectivity index (χ4v) is 7.20. The van der Waals surface area contributed by atoms with E-state index in [0.29, 0.717) is 13.0 Å². The van der Waals surface area contributed by atoms with E-state index in [2.05, 4.69) is 46.0 Å². The first kappa shape index (κ1) is 34.4. The van der Waals surface area contributed by atoms with Crippen LogP contribution < -0.4 is 14.4 Å². The van der Waals surface area contributed by atoms with Crippen molar-refractivity contribution >= 4 is 71.6 Å². The molecule has 0 aliphatic carbocycles. The number of carbonyl (C=O) groups excluding carboxylic acids is 2. The Labute approximate surface area is 285 Å². The second kappa shape index (κ2) is 12.6. The largest absolute Gasteiger partial charge is 0.504 e. The molecule has 1 saturated heterocycles. The van der Waals surface area contributed by atoms with Crippen LogP contribution >= 0.6 is 34.8 Å². The molecule has 1 fully saturated rings. The van der Waals surface area contributed by atoms with Crippen molar-refractivity contribution < 1.29 is 33.3 Å². The molecule has 2 unspecified atom stereocenters. The van der Waals surface area contributed by atoms with E-state index in [-0.39, 0.29) is 39.6 Å². The molecule has 2 aliphatic heterocycles. The number of aromatic hydroxyl groups is 1. The van der Waals surface area contributed by atoms with Crippen molar-refractivity contribution in [3.8, 4) is 17.2 Å². The van der Waals surface area contributed by atoms with Gasteiger partial charge in [0.1, 0.15) is 12.4 Å². The molecule has 3 aromatic rings. The molecule has 248 valence electrons. The Morgan fingerprint density at radius 3 is 2.30 bits per heavy atom. The number of phenolic OH excluding ortho intramolecular Hbond substituents is 1. The van der Waals surface area contributed by atoms with E-state index in [4.69, 9.17) is 53.4 Å². The van der Waals surface area contributed by atoms with Crippen molar-refractivity contribution in [1.29, 1.82) is 0 Å². The summed E-state index contributed by atoms with van der Waals surface area (Å²) in [7, 11) is 0.421. The lowest BCUT2D eigenvalue weighted by molar-refractivity contribution is 0.0524. The summed E-state index contributed by atoms with van der Waals surface area (Å²) in [5, 5.41) is 12.7. The number of benzene rings is 3. The van der Waals surface area contributed by atoms with Crippen LogP contribution in [0, 0.1) is 0 Å². The van der Waals surface area contributed by atoms with Crippen LogP contribution in [0.2, 0.25) is 18.1 Å². The van der Waals surface area contributed by atoms with E-state index in [0.717, 1.165) is 22.1 Å². The number of halogens is 3. The number of amides is 2. The molecule has 5 rings (SSSR count). The number of alkyl halides is 3. The van der Waals surface area contributed by atoms with E-state index >= 15 is 0 Å². The van der Waals surface area contributed by atoms with Gasteiger partial charge in [-0.25, -0.2) is 9.69 Å². The van der Waals surface area contributed by atoms with Gasteiger partial charge >= 0.3 is 6.09 Å². The molecular formula is C33H39Cl3N2O7Si. The van der Waals surface area contributed by atoms with Gasteiger partial charge in [0.25, 0.3) is 5.91 Å². The molecule has 13 heteroatoms. The Balaban J connectivity index is 1.65. The molecular weight excluding hydrogens is 671 g/mol. The van der Waals surface area contributed by atoms with Gasteiger partial charge < -0.3 is 28.6 Å². The number of hydrogen-bond acceptors (Lipinski definition) is 7. The van der Waals surface area contributed by atoms with Crippen LogP contribution in [0.15, 0.2) is 48.5 Å². The lowest BCUT2D eigenvalue weighted by Crippen LogP contribution is -2.58. The monoisotopic (exact) mass is 708 g/mol. The highest BCUT2D eigenvalue weighted by Gasteiger charge is 2.52. The first-order valence-electron chi connectivity index (χ1n) is 14.9. The van der Waals surface area contributed by atoms with Crippen LogP contribution in [0.3, 0.4) is 0 Å². The molecule has 2 heterocycles. The molecule has 0 radical (unpaired) electrons. The van der Waals surface area contributed by atoms with Gasteiger partial charge in [-0.15, -0.1) is 0 Å². The normalized spacial score (nSPS) is 20.3. The number of anilines is 1. The van der Waals surface area contributed by atoms with E-state index in [1.165, 1.54) is 24.1 Å². The number of rotatable bonds is 6. The fraction of sp³-hybridized carbons (Fsp3) is 0.455. The van der Waals surface area contributed by atoms with Gasteiger partial charge in [0.2, 0.25) is 3.79 Å². The quantitative estimate of drug-likeness (QED) is 0.203. The van der Waals surface area contributed by atoms with Gasteiger partial charge in [0.05, 0.1) is 31.5 Å². The molecule has 2 aliphatic rings. The van der Waals surface area contributed by atoms with Crippen LogP contribution in [0.25, 0.3) is 10.8 Å². The maximum Gasteiger partial charge on any atom is 0.416 e. The van der Waals surface area contributed by atoms with Crippen molar-refractivity contribution in [2.75, 3.05) is 32.3 Å².